The summed E-state index contributed by atoms with van der Waals surface area (Å²) >= 11 is 0. The SMILES string of the molecule is CC(=O)O.O=C(O)/C=C/C(=O)O.O=C(O)c1ccccc1.[H-].[Na+]. The molecule has 4 N–H and O–H groups in total. The van der Waals surface area contributed by atoms with Gasteiger partial charge in [-0.25, -0.2) is 14.4 Å². The Labute approximate surface area is 149 Å². The van der Waals surface area contributed by atoms with Crippen LogP contribution in [0.2, 0.25) is 0 Å². The molecule has 0 aliphatic heterocycles. The number of benzene rings is 1. The quantitative estimate of drug-likeness (QED) is 0.380. The molecule has 0 fully saturated rings. The summed E-state index contributed by atoms with van der Waals surface area (Å²) in [6.45, 7) is 1.08. The van der Waals surface area contributed by atoms with Gasteiger partial charge in [-0.2, -0.15) is 0 Å². The largest absolute Gasteiger partial charge is 1.00 e. The summed E-state index contributed by atoms with van der Waals surface area (Å²) in [4.78, 5) is 38.3. The number of aliphatic carboxylic acids is 3. The van der Waals surface area contributed by atoms with Crippen LogP contribution in [0.3, 0.4) is 0 Å². The van der Waals surface area contributed by atoms with Gasteiger partial charge >= 0.3 is 47.5 Å². The third-order valence-corrected chi connectivity index (χ3v) is 1.39. The summed E-state index contributed by atoms with van der Waals surface area (Å²) in [5.41, 5.74) is 0.331. The van der Waals surface area contributed by atoms with Crippen molar-refractivity contribution in [3.8, 4) is 0 Å². The van der Waals surface area contributed by atoms with Crippen LogP contribution < -0.4 is 29.6 Å². The molecular weight excluding hydrogens is 307 g/mol. The molecule has 1 rings (SSSR count). The van der Waals surface area contributed by atoms with Crippen LogP contribution in [0.1, 0.15) is 18.7 Å². The van der Waals surface area contributed by atoms with Crippen LogP contribution in [0.25, 0.3) is 0 Å². The zero-order chi connectivity index (χ0) is 16.8. The van der Waals surface area contributed by atoms with Crippen molar-refractivity contribution in [2.75, 3.05) is 0 Å². The zero-order valence-electron chi connectivity index (χ0n) is 13.0. The third kappa shape index (κ3) is 23.0. The minimum absolute atomic E-state index is 0. The average molecular weight is 322 g/mol. The Morgan fingerprint density at radius 1 is 0.864 bits per heavy atom. The minimum atomic E-state index is -1.26. The fourth-order valence-corrected chi connectivity index (χ4v) is 0.723. The molecule has 0 aliphatic carbocycles. The van der Waals surface area contributed by atoms with Crippen molar-refractivity contribution >= 4 is 23.9 Å². The summed E-state index contributed by atoms with van der Waals surface area (Å²) in [5.74, 6) is -4.23. The van der Waals surface area contributed by atoms with Crippen LogP contribution in [-0.2, 0) is 14.4 Å². The summed E-state index contributed by atoms with van der Waals surface area (Å²) in [5, 5.41) is 31.4. The van der Waals surface area contributed by atoms with Gasteiger partial charge in [0.05, 0.1) is 5.56 Å². The second-order valence-electron chi connectivity index (χ2n) is 3.20. The van der Waals surface area contributed by atoms with Gasteiger partial charge in [-0.3, -0.25) is 4.79 Å². The first kappa shape index (κ1) is 24.8. The van der Waals surface area contributed by atoms with Crippen LogP contribution in [0.5, 0.6) is 0 Å². The van der Waals surface area contributed by atoms with Gasteiger partial charge in [0.15, 0.2) is 0 Å². The molecule has 9 heteroatoms. The van der Waals surface area contributed by atoms with Gasteiger partial charge in [-0.05, 0) is 12.1 Å². The maximum atomic E-state index is 10.2. The van der Waals surface area contributed by atoms with Gasteiger partial charge in [0.1, 0.15) is 0 Å². The summed E-state index contributed by atoms with van der Waals surface area (Å²) in [6, 6.07) is 8.30. The maximum Gasteiger partial charge on any atom is 1.00 e. The van der Waals surface area contributed by atoms with E-state index < -0.39 is 23.9 Å². The topological polar surface area (TPSA) is 149 Å². The molecule has 0 atom stereocenters. The van der Waals surface area contributed by atoms with Crippen molar-refractivity contribution in [2.45, 2.75) is 6.92 Å². The van der Waals surface area contributed by atoms with E-state index in [4.69, 9.17) is 25.2 Å². The van der Waals surface area contributed by atoms with Gasteiger partial charge in [-0.1, -0.05) is 18.2 Å². The van der Waals surface area contributed by atoms with E-state index in [0.717, 1.165) is 6.92 Å². The van der Waals surface area contributed by atoms with Crippen LogP contribution >= 0.6 is 0 Å². The van der Waals surface area contributed by atoms with Crippen LogP contribution in [0.15, 0.2) is 42.5 Å². The van der Waals surface area contributed by atoms with E-state index in [2.05, 4.69) is 0 Å². The van der Waals surface area contributed by atoms with Crippen molar-refractivity contribution in [3.63, 3.8) is 0 Å². The first-order valence-electron chi connectivity index (χ1n) is 5.28. The first-order valence-corrected chi connectivity index (χ1v) is 5.28. The van der Waals surface area contributed by atoms with Crippen LogP contribution in [-0.4, -0.2) is 44.3 Å². The summed E-state index contributed by atoms with van der Waals surface area (Å²) < 4.78 is 0. The fraction of sp³-hybridized carbons (Fsp3) is 0.0769. The maximum absolute atomic E-state index is 10.2. The van der Waals surface area contributed by atoms with E-state index >= 15 is 0 Å². The molecule has 0 unspecified atom stereocenters. The molecule has 116 valence electrons. The van der Waals surface area contributed by atoms with Crippen molar-refractivity contribution in [2.24, 2.45) is 0 Å². The molecule has 8 nitrogen and oxygen atoms in total. The number of hydrogen-bond acceptors (Lipinski definition) is 4. The standard InChI is InChI=1S/C7H6O2.C4H4O4.C2H4O2.Na.H/c8-7(9)6-4-2-1-3-5-6;5-3(6)1-2-4(7)8;1-2(3)4;;/h1-5H,(H,8,9);1-2H,(H,5,6)(H,7,8);1H3,(H,3,4);;/q;;;+1;-1/b;2-1+;;;. The zero-order valence-corrected chi connectivity index (χ0v) is 14.0. The third-order valence-electron chi connectivity index (χ3n) is 1.39. The second-order valence-corrected chi connectivity index (χ2v) is 3.20. The molecule has 0 aliphatic rings. The van der Waals surface area contributed by atoms with E-state index in [-0.39, 0.29) is 31.0 Å². The molecular formula is C13H15NaO8. The van der Waals surface area contributed by atoms with Crippen molar-refractivity contribution in [1.29, 1.82) is 0 Å². The number of carbonyl (C=O) groups is 4. The monoisotopic (exact) mass is 322 g/mol. The molecule has 1 aromatic rings. The molecule has 0 spiro atoms. The number of carboxylic acid groups (broad SMARTS) is 4. The average Bonchev–Trinajstić information content (AvgIpc) is 2.37. The van der Waals surface area contributed by atoms with Crippen molar-refractivity contribution < 1.29 is 70.6 Å². The molecule has 0 radical (unpaired) electrons. The van der Waals surface area contributed by atoms with E-state index in [0.29, 0.717) is 17.7 Å². The Hall–Kier alpha value is -2.16. The van der Waals surface area contributed by atoms with Crippen molar-refractivity contribution in [3.05, 3.63) is 48.0 Å². The summed E-state index contributed by atoms with van der Waals surface area (Å²) in [6.07, 6.45) is 1.12. The van der Waals surface area contributed by atoms with Gasteiger partial charge in [0.25, 0.3) is 5.97 Å². The van der Waals surface area contributed by atoms with Gasteiger partial charge in [0, 0.05) is 19.1 Å². The molecule has 1 aromatic carbocycles. The van der Waals surface area contributed by atoms with Crippen molar-refractivity contribution in [1.82, 2.24) is 0 Å². The molecule has 0 aromatic heterocycles. The summed E-state index contributed by atoms with van der Waals surface area (Å²) in [7, 11) is 0. The molecule has 0 heterocycles. The Morgan fingerprint density at radius 3 is 1.36 bits per heavy atom. The van der Waals surface area contributed by atoms with E-state index in [1.807, 2.05) is 0 Å². The van der Waals surface area contributed by atoms with E-state index in [1.54, 1.807) is 30.3 Å². The predicted molar refractivity (Wildman–Crippen MR) is 72.2 cm³/mol. The number of carboxylic acids is 4. The number of rotatable bonds is 3. The van der Waals surface area contributed by atoms with Crippen LogP contribution in [0, 0.1) is 0 Å². The molecule has 22 heavy (non-hydrogen) atoms. The number of aromatic carboxylic acids is 1. The number of hydrogen-bond donors (Lipinski definition) is 4. The Balaban J connectivity index is -0.000000120. The Bertz CT molecular complexity index is 496. The Kier molecular flexibility index (Phi) is 17.2. The minimum Gasteiger partial charge on any atom is -1.00 e. The molecule has 0 bridgehead atoms. The smallest absolute Gasteiger partial charge is 1.00 e. The van der Waals surface area contributed by atoms with E-state index in [1.165, 1.54) is 0 Å². The first-order chi connectivity index (χ1) is 9.66. The predicted octanol–water partition coefficient (Wildman–Crippen LogP) is -1.70. The van der Waals surface area contributed by atoms with Gasteiger partial charge < -0.3 is 21.9 Å². The fourth-order valence-electron chi connectivity index (χ4n) is 0.723. The second kappa shape index (κ2) is 15.2. The van der Waals surface area contributed by atoms with E-state index in [9.17, 15) is 14.4 Å². The van der Waals surface area contributed by atoms with Gasteiger partial charge in [0.2, 0.25) is 0 Å². The van der Waals surface area contributed by atoms with Crippen LogP contribution in [0.4, 0.5) is 0 Å². The Morgan fingerprint density at radius 2 is 1.18 bits per heavy atom. The normalized spacial score (nSPS) is 8.23. The molecule has 0 saturated heterocycles. The van der Waals surface area contributed by atoms with Gasteiger partial charge in [-0.15, -0.1) is 0 Å². The molecule has 0 saturated carbocycles. The molecule has 0 amide bonds.